The number of nitrogens with zero attached hydrogens (tertiary/aromatic N) is 1. The lowest BCUT2D eigenvalue weighted by molar-refractivity contribution is -0.763. The summed E-state index contributed by atoms with van der Waals surface area (Å²) in [5.74, 6) is 4.83. The largest absolute Gasteiger partial charge is 0.440 e. The Balaban J connectivity index is 4.40. The molecular formula is C5H12N3O2+. The van der Waals surface area contributed by atoms with Crippen LogP contribution in [0.5, 0.6) is 0 Å². The standard InChI is InChI=1S/C5H11N3O2/c1-3-4(9)8(2,7)5(6)10/h3,7H2,1-2H3,(H-,6,10)/p+1. The summed E-state index contributed by atoms with van der Waals surface area (Å²) >= 11 is 0. The minimum atomic E-state index is -0.865. The SMILES string of the molecule is CCC(=O)[N+](C)(N)C(N)=O. The molecule has 58 valence electrons. The van der Waals surface area contributed by atoms with Gasteiger partial charge in [-0.05, 0) is 0 Å². The molecule has 1 unspecified atom stereocenters. The second kappa shape index (κ2) is 2.76. The summed E-state index contributed by atoms with van der Waals surface area (Å²) in [6.45, 7) is 1.62. The maximum atomic E-state index is 10.8. The predicted octanol–water partition coefficient (Wildman–Crippen LogP) is -0.678. The topological polar surface area (TPSA) is 86.2 Å². The number of rotatable bonds is 1. The van der Waals surface area contributed by atoms with Crippen LogP contribution in [0.3, 0.4) is 0 Å². The Morgan fingerprint density at radius 1 is 1.50 bits per heavy atom. The molecular weight excluding hydrogens is 134 g/mol. The monoisotopic (exact) mass is 146 g/mol. The Labute approximate surface area is 59.1 Å². The van der Waals surface area contributed by atoms with Crippen molar-refractivity contribution in [3.63, 3.8) is 0 Å². The fourth-order valence-electron chi connectivity index (χ4n) is 0.451. The molecule has 0 heterocycles. The fraction of sp³-hybridized carbons (Fsp3) is 0.600. The van der Waals surface area contributed by atoms with E-state index in [1.54, 1.807) is 6.92 Å². The van der Waals surface area contributed by atoms with Crippen LogP contribution in [-0.4, -0.2) is 23.6 Å². The van der Waals surface area contributed by atoms with Crippen molar-refractivity contribution >= 4 is 11.9 Å². The van der Waals surface area contributed by atoms with Gasteiger partial charge in [0.25, 0.3) is 0 Å². The maximum Gasteiger partial charge on any atom is 0.440 e. The number of carbonyl (C=O) groups excluding carboxylic acids is 2. The van der Waals surface area contributed by atoms with Crippen molar-refractivity contribution in [2.45, 2.75) is 13.3 Å². The fourth-order valence-corrected chi connectivity index (χ4v) is 0.451. The molecule has 1 atom stereocenters. The zero-order valence-electron chi connectivity index (χ0n) is 6.13. The zero-order valence-corrected chi connectivity index (χ0v) is 6.13. The Morgan fingerprint density at radius 2 is 1.90 bits per heavy atom. The molecule has 0 bridgehead atoms. The third-order valence-electron chi connectivity index (χ3n) is 1.28. The summed E-state index contributed by atoms with van der Waals surface area (Å²) in [6, 6.07) is -0.841. The molecule has 0 aliphatic carbocycles. The normalized spacial score (nSPS) is 15.9. The molecule has 0 aliphatic rings. The second-order valence-electron chi connectivity index (χ2n) is 2.16. The van der Waals surface area contributed by atoms with E-state index in [9.17, 15) is 9.59 Å². The van der Waals surface area contributed by atoms with E-state index in [1.165, 1.54) is 7.05 Å². The lowest BCUT2D eigenvalue weighted by Crippen LogP contribution is -2.61. The zero-order chi connectivity index (χ0) is 8.36. The van der Waals surface area contributed by atoms with Crippen molar-refractivity contribution in [1.82, 2.24) is 0 Å². The van der Waals surface area contributed by atoms with Gasteiger partial charge in [0.1, 0.15) is 7.05 Å². The Kier molecular flexibility index (Phi) is 2.50. The van der Waals surface area contributed by atoms with Crippen molar-refractivity contribution in [3.05, 3.63) is 0 Å². The summed E-state index contributed by atoms with van der Waals surface area (Å²) in [5.41, 5.74) is 4.83. The van der Waals surface area contributed by atoms with E-state index >= 15 is 0 Å². The van der Waals surface area contributed by atoms with Gasteiger partial charge in [0.2, 0.25) is 0 Å². The highest BCUT2D eigenvalue weighted by molar-refractivity contribution is 5.81. The van der Waals surface area contributed by atoms with Crippen LogP contribution in [0.4, 0.5) is 4.79 Å². The van der Waals surface area contributed by atoms with E-state index in [-0.39, 0.29) is 6.42 Å². The Hall–Kier alpha value is -0.940. The van der Waals surface area contributed by atoms with Gasteiger partial charge < -0.3 is 5.73 Å². The van der Waals surface area contributed by atoms with Crippen molar-refractivity contribution in [3.8, 4) is 0 Å². The quantitative estimate of drug-likeness (QED) is 0.222. The number of primary amides is 1. The molecule has 0 fully saturated rings. The summed E-state index contributed by atoms with van der Waals surface area (Å²) in [6.07, 6.45) is 0.204. The molecule has 0 aromatic rings. The average molecular weight is 146 g/mol. The number of carbonyl (C=O) groups is 2. The second-order valence-corrected chi connectivity index (χ2v) is 2.16. The molecule has 10 heavy (non-hydrogen) atoms. The molecule has 0 spiro atoms. The van der Waals surface area contributed by atoms with Crippen LogP contribution in [0.25, 0.3) is 0 Å². The lowest BCUT2D eigenvalue weighted by Gasteiger charge is -2.18. The van der Waals surface area contributed by atoms with E-state index in [2.05, 4.69) is 0 Å². The van der Waals surface area contributed by atoms with Crippen LogP contribution < -0.4 is 11.6 Å². The highest BCUT2D eigenvalue weighted by Crippen LogP contribution is 1.95. The van der Waals surface area contributed by atoms with Gasteiger partial charge in [0, 0.05) is 0 Å². The number of quaternary nitrogens is 1. The first-order valence-corrected chi connectivity index (χ1v) is 2.91. The Morgan fingerprint density at radius 3 is 2.00 bits per heavy atom. The van der Waals surface area contributed by atoms with Gasteiger partial charge >= 0.3 is 11.9 Å². The van der Waals surface area contributed by atoms with Gasteiger partial charge in [0.15, 0.2) is 0 Å². The van der Waals surface area contributed by atoms with Crippen LogP contribution in [0.15, 0.2) is 0 Å². The van der Waals surface area contributed by atoms with Gasteiger partial charge in [-0.15, -0.1) is 4.59 Å². The first-order chi connectivity index (χ1) is 4.42. The van der Waals surface area contributed by atoms with E-state index in [0.717, 1.165) is 0 Å². The number of nitrogens with two attached hydrogens (primary N) is 2. The van der Waals surface area contributed by atoms with E-state index < -0.39 is 16.5 Å². The number of urea groups is 1. The molecule has 0 aliphatic heterocycles. The molecule has 0 rings (SSSR count). The summed E-state index contributed by atoms with van der Waals surface area (Å²) in [5, 5.41) is 0. The minimum absolute atomic E-state index is 0.204. The van der Waals surface area contributed by atoms with E-state index in [1.807, 2.05) is 0 Å². The van der Waals surface area contributed by atoms with Gasteiger partial charge in [-0.25, -0.2) is 9.59 Å². The lowest BCUT2D eigenvalue weighted by atomic mass is 10.4. The van der Waals surface area contributed by atoms with E-state index in [4.69, 9.17) is 11.6 Å². The minimum Gasteiger partial charge on any atom is -0.317 e. The molecule has 0 aromatic heterocycles. The highest BCUT2D eigenvalue weighted by Gasteiger charge is 2.32. The molecule has 0 radical (unpaired) electrons. The smallest absolute Gasteiger partial charge is 0.317 e. The van der Waals surface area contributed by atoms with Crippen LogP contribution in [0.1, 0.15) is 13.3 Å². The summed E-state index contributed by atoms with van der Waals surface area (Å²) in [7, 11) is 1.26. The highest BCUT2D eigenvalue weighted by atomic mass is 16.2. The number of hydrogen-bond acceptors (Lipinski definition) is 3. The molecule has 5 nitrogen and oxygen atoms in total. The van der Waals surface area contributed by atoms with Crippen LogP contribution >= 0.6 is 0 Å². The first-order valence-electron chi connectivity index (χ1n) is 2.91. The first kappa shape index (κ1) is 9.06. The van der Waals surface area contributed by atoms with E-state index in [0.29, 0.717) is 0 Å². The maximum absolute atomic E-state index is 10.8. The van der Waals surface area contributed by atoms with Gasteiger partial charge in [-0.3, -0.25) is 0 Å². The third kappa shape index (κ3) is 1.52. The number of imide groups is 1. The Bertz CT molecular complexity index is 164. The summed E-state index contributed by atoms with van der Waals surface area (Å²) < 4.78 is -0.865. The number of hydrogen-bond donors (Lipinski definition) is 2. The number of amides is 3. The van der Waals surface area contributed by atoms with Crippen molar-refractivity contribution < 1.29 is 14.2 Å². The van der Waals surface area contributed by atoms with Crippen LogP contribution in [0, 0.1) is 0 Å². The third-order valence-corrected chi connectivity index (χ3v) is 1.28. The average Bonchev–Trinajstić information content (AvgIpc) is 1.86. The van der Waals surface area contributed by atoms with Gasteiger partial charge in [-0.1, -0.05) is 6.92 Å². The summed E-state index contributed by atoms with van der Waals surface area (Å²) in [4.78, 5) is 21.3. The van der Waals surface area contributed by atoms with Crippen LogP contribution in [-0.2, 0) is 4.79 Å². The van der Waals surface area contributed by atoms with Crippen molar-refractivity contribution in [2.75, 3.05) is 7.05 Å². The molecule has 4 N–H and O–H groups in total. The van der Waals surface area contributed by atoms with Crippen molar-refractivity contribution in [1.29, 1.82) is 0 Å². The van der Waals surface area contributed by atoms with Crippen LogP contribution in [0.2, 0.25) is 0 Å². The molecule has 0 saturated carbocycles. The van der Waals surface area contributed by atoms with Crippen molar-refractivity contribution in [2.24, 2.45) is 11.6 Å². The van der Waals surface area contributed by atoms with Gasteiger partial charge in [-0.2, -0.15) is 5.84 Å². The molecule has 0 aromatic carbocycles. The molecule has 5 heteroatoms. The predicted molar refractivity (Wildman–Crippen MR) is 35.3 cm³/mol. The molecule has 3 amide bonds. The van der Waals surface area contributed by atoms with Gasteiger partial charge in [0.05, 0.1) is 6.42 Å². The molecule has 0 saturated heterocycles.